The van der Waals surface area contributed by atoms with Crippen LogP contribution in [0.15, 0.2) is 60.9 Å². The first-order valence-electron chi connectivity index (χ1n) is 7.27. The lowest BCUT2D eigenvalue weighted by atomic mass is 10.2. The molecule has 1 amide bonds. The Labute approximate surface area is 138 Å². The van der Waals surface area contributed by atoms with E-state index in [1.807, 2.05) is 28.8 Å². The number of methoxy groups -OCH3 is 1. The number of ether oxygens (including phenoxy) is 1. The lowest BCUT2D eigenvalue weighted by Crippen LogP contribution is -2.09. The largest absolute Gasteiger partial charge is 0.465 e. The fraction of sp³-hybridized carbons (Fsp3) is 0.0556. The molecule has 0 saturated heterocycles. The minimum absolute atomic E-state index is 0.303. The number of imidazole rings is 1. The van der Waals surface area contributed by atoms with Crippen molar-refractivity contribution in [2.24, 2.45) is 0 Å². The third kappa shape index (κ3) is 3.33. The fourth-order valence-corrected chi connectivity index (χ4v) is 2.26. The van der Waals surface area contributed by atoms with Gasteiger partial charge in [0.05, 0.1) is 24.6 Å². The Morgan fingerprint density at radius 3 is 2.92 bits per heavy atom. The molecular weight excluding hydrogens is 306 g/mol. The lowest BCUT2D eigenvalue weighted by molar-refractivity contribution is -0.111. The van der Waals surface area contributed by atoms with E-state index in [4.69, 9.17) is 0 Å². The fourth-order valence-electron chi connectivity index (χ4n) is 2.26. The summed E-state index contributed by atoms with van der Waals surface area (Å²) < 4.78 is 6.53. The van der Waals surface area contributed by atoms with Gasteiger partial charge in [-0.05, 0) is 36.4 Å². The smallest absolute Gasteiger partial charge is 0.337 e. The Morgan fingerprint density at radius 1 is 1.21 bits per heavy atom. The van der Waals surface area contributed by atoms with Gasteiger partial charge in [-0.3, -0.25) is 4.79 Å². The summed E-state index contributed by atoms with van der Waals surface area (Å²) in [4.78, 5) is 27.8. The summed E-state index contributed by atoms with van der Waals surface area (Å²) in [6.07, 6.45) is 6.66. The van der Waals surface area contributed by atoms with Crippen molar-refractivity contribution < 1.29 is 14.3 Å². The zero-order valence-corrected chi connectivity index (χ0v) is 13.0. The highest BCUT2D eigenvalue weighted by Crippen LogP contribution is 2.12. The molecule has 3 rings (SSSR count). The molecule has 1 N–H and O–H groups in total. The van der Waals surface area contributed by atoms with Gasteiger partial charge in [0.2, 0.25) is 5.91 Å². The van der Waals surface area contributed by atoms with Crippen molar-refractivity contribution in [2.45, 2.75) is 0 Å². The Bertz CT molecular complexity index is 928. The predicted molar refractivity (Wildman–Crippen MR) is 90.6 cm³/mol. The van der Waals surface area contributed by atoms with Crippen molar-refractivity contribution >= 4 is 29.3 Å². The first kappa shape index (κ1) is 15.5. The van der Waals surface area contributed by atoms with E-state index in [2.05, 4.69) is 15.0 Å². The molecule has 0 aliphatic heterocycles. The number of fused-ring (bicyclic) bond motifs is 1. The van der Waals surface area contributed by atoms with Crippen LogP contribution in [0.4, 0.5) is 5.69 Å². The summed E-state index contributed by atoms with van der Waals surface area (Å²) >= 11 is 0. The average molecular weight is 321 g/mol. The molecule has 24 heavy (non-hydrogen) atoms. The van der Waals surface area contributed by atoms with E-state index >= 15 is 0 Å². The average Bonchev–Trinajstić information content (AvgIpc) is 3.03. The Kier molecular flexibility index (Phi) is 4.38. The van der Waals surface area contributed by atoms with Crippen molar-refractivity contribution in [3.05, 3.63) is 72.2 Å². The Morgan fingerprint density at radius 2 is 2.08 bits per heavy atom. The maximum absolute atomic E-state index is 12.1. The molecule has 0 spiro atoms. The number of amides is 1. The van der Waals surface area contributed by atoms with Gasteiger partial charge in [-0.15, -0.1) is 0 Å². The quantitative estimate of drug-likeness (QED) is 0.592. The molecule has 0 aliphatic rings. The van der Waals surface area contributed by atoms with Crippen LogP contribution < -0.4 is 5.32 Å². The third-order valence-electron chi connectivity index (χ3n) is 3.40. The van der Waals surface area contributed by atoms with Gasteiger partial charge in [0.1, 0.15) is 5.65 Å². The van der Waals surface area contributed by atoms with Crippen molar-refractivity contribution in [1.82, 2.24) is 9.38 Å². The SMILES string of the molecule is COC(=O)c1cccc(NC(=O)/C=C/c2cnc3ccccn23)c1. The van der Waals surface area contributed by atoms with Crippen LogP contribution in [0.1, 0.15) is 16.1 Å². The van der Waals surface area contributed by atoms with Gasteiger partial charge in [-0.25, -0.2) is 9.78 Å². The standard InChI is InChI=1S/C18H15N3O3/c1-24-18(23)13-5-4-6-14(11-13)20-17(22)9-8-15-12-19-16-7-2-3-10-21(15)16/h2-12H,1H3,(H,20,22)/b9-8+. The van der Waals surface area contributed by atoms with Gasteiger partial charge in [0, 0.05) is 18.0 Å². The molecule has 2 aromatic heterocycles. The Hall–Kier alpha value is -3.41. The van der Waals surface area contributed by atoms with Crippen LogP contribution in [-0.4, -0.2) is 28.4 Å². The molecule has 1 aromatic carbocycles. The number of esters is 1. The molecule has 0 bridgehead atoms. The highest BCUT2D eigenvalue weighted by atomic mass is 16.5. The monoisotopic (exact) mass is 321 g/mol. The normalized spacial score (nSPS) is 10.9. The second-order valence-corrected chi connectivity index (χ2v) is 5.01. The predicted octanol–water partition coefficient (Wildman–Crippen LogP) is 2.77. The molecule has 6 nitrogen and oxygen atoms in total. The van der Waals surface area contributed by atoms with E-state index < -0.39 is 5.97 Å². The summed E-state index contributed by atoms with van der Waals surface area (Å²) in [7, 11) is 1.31. The third-order valence-corrected chi connectivity index (χ3v) is 3.40. The molecule has 0 fully saturated rings. The van der Waals surface area contributed by atoms with Crippen LogP contribution >= 0.6 is 0 Å². The number of aromatic nitrogens is 2. The van der Waals surface area contributed by atoms with Gasteiger partial charge < -0.3 is 14.5 Å². The summed E-state index contributed by atoms with van der Waals surface area (Å²) in [6, 6.07) is 12.2. The number of hydrogen-bond donors (Lipinski definition) is 1. The zero-order chi connectivity index (χ0) is 16.9. The van der Waals surface area contributed by atoms with Crippen LogP contribution in [0.3, 0.4) is 0 Å². The van der Waals surface area contributed by atoms with Gasteiger partial charge in [0.25, 0.3) is 0 Å². The summed E-state index contributed by atoms with van der Waals surface area (Å²) in [5.41, 5.74) is 2.50. The molecule has 3 aromatic rings. The Balaban J connectivity index is 1.73. The molecule has 0 aliphatic carbocycles. The van der Waals surface area contributed by atoms with Crippen molar-refractivity contribution in [3.63, 3.8) is 0 Å². The van der Waals surface area contributed by atoms with E-state index in [1.54, 1.807) is 36.5 Å². The van der Waals surface area contributed by atoms with E-state index in [0.29, 0.717) is 11.3 Å². The second kappa shape index (κ2) is 6.78. The van der Waals surface area contributed by atoms with Gasteiger partial charge >= 0.3 is 5.97 Å². The van der Waals surface area contributed by atoms with Crippen LogP contribution in [0.25, 0.3) is 11.7 Å². The minimum atomic E-state index is -0.452. The van der Waals surface area contributed by atoms with Crippen molar-refractivity contribution in [1.29, 1.82) is 0 Å². The summed E-state index contributed by atoms with van der Waals surface area (Å²) in [6.45, 7) is 0. The lowest BCUT2D eigenvalue weighted by Gasteiger charge is -2.04. The molecule has 0 radical (unpaired) electrons. The van der Waals surface area contributed by atoms with E-state index in [-0.39, 0.29) is 5.91 Å². The molecule has 120 valence electrons. The number of anilines is 1. The number of pyridine rings is 1. The number of carbonyl (C=O) groups is 2. The van der Waals surface area contributed by atoms with E-state index in [1.165, 1.54) is 13.2 Å². The molecule has 2 heterocycles. The van der Waals surface area contributed by atoms with Gasteiger partial charge in [0.15, 0.2) is 0 Å². The molecule has 0 saturated carbocycles. The van der Waals surface area contributed by atoms with Crippen LogP contribution in [0, 0.1) is 0 Å². The first-order chi connectivity index (χ1) is 11.7. The number of carbonyl (C=O) groups excluding carboxylic acids is 2. The van der Waals surface area contributed by atoms with Gasteiger partial charge in [-0.2, -0.15) is 0 Å². The second-order valence-electron chi connectivity index (χ2n) is 5.01. The van der Waals surface area contributed by atoms with E-state index in [0.717, 1.165) is 11.3 Å². The number of benzene rings is 1. The van der Waals surface area contributed by atoms with Crippen LogP contribution in [0.2, 0.25) is 0 Å². The number of hydrogen-bond acceptors (Lipinski definition) is 4. The summed E-state index contributed by atoms with van der Waals surface area (Å²) in [5, 5.41) is 2.71. The number of nitrogens with one attached hydrogen (secondary N) is 1. The minimum Gasteiger partial charge on any atom is -0.465 e. The maximum atomic E-state index is 12.1. The molecular formula is C18H15N3O3. The number of rotatable bonds is 4. The maximum Gasteiger partial charge on any atom is 0.337 e. The van der Waals surface area contributed by atoms with Gasteiger partial charge in [-0.1, -0.05) is 12.1 Å². The van der Waals surface area contributed by atoms with Crippen LogP contribution in [0.5, 0.6) is 0 Å². The van der Waals surface area contributed by atoms with Crippen LogP contribution in [-0.2, 0) is 9.53 Å². The molecule has 6 heteroatoms. The molecule has 0 atom stereocenters. The van der Waals surface area contributed by atoms with E-state index in [9.17, 15) is 9.59 Å². The topological polar surface area (TPSA) is 72.7 Å². The zero-order valence-electron chi connectivity index (χ0n) is 13.0. The highest BCUT2D eigenvalue weighted by Gasteiger charge is 2.06. The summed E-state index contributed by atoms with van der Waals surface area (Å²) in [5.74, 6) is -0.754. The molecule has 0 unspecified atom stereocenters. The first-order valence-corrected chi connectivity index (χ1v) is 7.27. The van der Waals surface area contributed by atoms with Crippen molar-refractivity contribution in [2.75, 3.05) is 12.4 Å². The number of nitrogens with zero attached hydrogens (tertiary/aromatic N) is 2. The van der Waals surface area contributed by atoms with Crippen molar-refractivity contribution in [3.8, 4) is 0 Å². The highest BCUT2D eigenvalue weighted by molar-refractivity contribution is 6.02.